The van der Waals surface area contributed by atoms with E-state index in [-0.39, 0.29) is 11.5 Å². The van der Waals surface area contributed by atoms with Crippen molar-refractivity contribution in [1.82, 2.24) is 14.9 Å². The van der Waals surface area contributed by atoms with E-state index in [1.807, 2.05) is 19.1 Å². The lowest BCUT2D eigenvalue weighted by atomic mass is 9.99. The van der Waals surface area contributed by atoms with Gasteiger partial charge >= 0.3 is 5.97 Å². The molecule has 138 valence electrons. The van der Waals surface area contributed by atoms with Gasteiger partial charge < -0.3 is 21.3 Å². The second-order valence-electron chi connectivity index (χ2n) is 6.78. The molecule has 0 saturated carbocycles. The van der Waals surface area contributed by atoms with Crippen LogP contribution in [0, 0.1) is 0 Å². The maximum absolute atomic E-state index is 11.0. The summed E-state index contributed by atoms with van der Waals surface area (Å²) in [5.74, 6) is 0.00534. The van der Waals surface area contributed by atoms with Crippen molar-refractivity contribution in [3.05, 3.63) is 41.0 Å². The van der Waals surface area contributed by atoms with Crippen LogP contribution in [0.5, 0.6) is 5.88 Å². The molecule has 0 unspecified atom stereocenters. The molecule has 0 fully saturated rings. The van der Waals surface area contributed by atoms with Crippen LogP contribution in [0.1, 0.15) is 35.3 Å². The van der Waals surface area contributed by atoms with Crippen molar-refractivity contribution in [2.75, 3.05) is 24.6 Å². The molecule has 8 heteroatoms. The summed E-state index contributed by atoms with van der Waals surface area (Å²) in [6.45, 7) is 6.26. The van der Waals surface area contributed by atoms with Crippen molar-refractivity contribution in [1.29, 1.82) is 0 Å². The van der Waals surface area contributed by atoms with Crippen LogP contribution in [0.3, 0.4) is 0 Å². The van der Waals surface area contributed by atoms with Crippen molar-refractivity contribution in [2.24, 2.45) is 0 Å². The third kappa shape index (κ3) is 3.70. The van der Waals surface area contributed by atoms with Crippen molar-refractivity contribution in [3.8, 4) is 5.88 Å². The van der Waals surface area contributed by atoms with Gasteiger partial charge in [0.15, 0.2) is 0 Å². The smallest absolute Gasteiger partial charge is 0.335 e. The number of aromatic nitrogens is 2. The van der Waals surface area contributed by atoms with Gasteiger partial charge in [-0.2, -0.15) is 9.97 Å². The van der Waals surface area contributed by atoms with Gasteiger partial charge in [0.25, 0.3) is 0 Å². The zero-order valence-electron chi connectivity index (χ0n) is 14.9. The molecule has 1 aliphatic heterocycles. The van der Waals surface area contributed by atoms with Crippen molar-refractivity contribution < 1.29 is 14.6 Å². The van der Waals surface area contributed by atoms with E-state index in [1.54, 1.807) is 12.1 Å². The van der Waals surface area contributed by atoms with E-state index in [1.165, 1.54) is 0 Å². The van der Waals surface area contributed by atoms with Crippen molar-refractivity contribution in [2.45, 2.75) is 32.4 Å². The SMILES string of the molecule is CCN(Cc1ccc(C(=O)O)cc1)C[C@]1(C)Cc2c(N)nc(N)nc2O1. The van der Waals surface area contributed by atoms with Gasteiger partial charge in [0.05, 0.1) is 11.1 Å². The summed E-state index contributed by atoms with van der Waals surface area (Å²) in [4.78, 5) is 21.3. The number of fused-ring (bicyclic) bond motifs is 1. The number of carboxylic acid groups (broad SMARTS) is 1. The third-order valence-electron chi connectivity index (χ3n) is 4.52. The Balaban J connectivity index is 1.70. The Morgan fingerprint density at radius 1 is 1.31 bits per heavy atom. The number of rotatable bonds is 6. The predicted molar refractivity (Wildman–Crippen MR) is 97.9 cm³/mol. The fourth-order valence-corrected chi connectivity index (χ4v) is 3.24. The molecular formula is C18H23N5O3. The lowest BCUT2D eigenvalue weighted by Gasteiger charge is -2.31. The highest BCUT2D eigenvalue weighted by Crippen LogP contribution is 2.37. The maximum atomic E-state index is 11.0. The van der Waals surface area contributed by atoms with Crippen molar-refractivity contribution in [3.63, 3.8) is 0 Å². The topological polar surface area (TPSA) is 128 Å². The Bertz CT molecular complexity index is 824. The van der Waals surface area contributed by atoms with Gasteiger partial charge in [0.2, 0.25) is 11.8 Å². The summed E-state index contributed by atoms with van der Waals surface area (Å²) >= 11 is 0. The summed E-state index contributed by atoms with van der Waals surface area (Å²) in [5, 5.41) is 9.00. The minimum atomic E-state index is -0.925. The molecule has 1 aromatic heterocycles. The molecule has 3 rings (SSSR count). The van der Waals surface area contributed by atoms with E-state index in [4.69, 9.17) is 21.3 Å². The number of ether oxygens (including phenoxy) is 1. The molecule has 0 spiro atoms. The largest absolute Gasteiger partial charge is 0.478 e. The van der Waals surface area contributed by atoms with Gasteiger partial charge in [-0.25, -0.2) is 4.79 Å². The number of carboxylic acids is 1. The Kier molecular flexibility index (Phi) is 4.69. The molecule has 0 radical (unpaired) electrons. The molecule has 0 saturated heterocycles. The van der Waals surface area contributed by atoms with E-state index in [9.17, 15) is 4.79 Å². The fraction of sp³-hybridized carbons (Fsp3) is 0.389. The molecule has 26 heavy (non-hydrogen) atoms. The van der Waals surface area contributed by atoms with Crippen LogP contribution in [0.4, 0.5) is 11.8 Å². The average Bonchev–Trinajstić information content (AvgIpc) is 2.91. The molecule has 0 amide bonds. The highest BCUT2D eigenvalue weighted by Gasteiger charge is 2.39. The van der Waals surface area contributed by atoms with E-state index >= 15 is 0 Å². The summed E-state index contributed by atoms with van der Waals surface area (Å²) in [6, 6.07) is 6.91. The molecule has 8 nitrogen and oxygen atoms in total. The average molecular weight is 357 g/mol. The minimum absolute atomic E-state index is 0.108. The van der Waals surface area contributed by atoms with E-state index < -0.39 is 11.6 Å². The zero-order valence-corrected chi connectivity index (χ0v) is 14.9. The first kappa shape index (κ1) is 17.9. The number of nitrogen functional groups attached to an aromatic ring is 2. The molecule has 0 aliphatic carbocycles. The minimum Gasteiger partial charge on any atom is -0.478 e. The Morgan fingerprint density at radius 2 is 2.00 bits per heavy atom. The molecule has 2 heterocycles. The van der Waals surface area contributed by atoms with Crippen LogP contribution >= 0.6 is 0 Å². The Morgan fingerprint density at radius 3 is 2.62 bits per heavy atom. The van der Waals surface area contributed by atoms with Gasteiger partial charge in [-0.3, -0.25) is 4.90 Å². The number of hydrogen-bond acceptors (Lipinski definition) is 7. The first-order chi connectivity index (χ1) is 12.3. The lowest BCUT2D eigenvalue weighted by Crippen LogP contribution is -2.44. The summed E-state index contributed by atoms with van der Waals surface area (Å²) in [7, 11) is 0. The van der Waals surface area contributed by atoms with E-state index in [0.29, 0.717) is 31.2 Å². The summed E-state index contributed by atoms with van der Waals surface area (Å²) in [5.41, 5.74) is 13.2. The van der Waals surface area contributed by atoms with Gasteiger partial charge in [-0.05, 0) is 31.2 Å². The van der Waals surface area contributed by atoms with Gasteiger partial charge in [0.1, 0.15) is 11.4 Å². The van der Waals surface area contributed by atoms with Gasteiger partial charge in [0, 0.05) is 19.5 Å². The molecule has 1 atom stereocenters. The molecule has 5 N–H and O–H groups in total. The maximum Gasteiger partial charge on any atom is 0.335 e. The van der Waals surface area contributed by atoms with Crippen LogP contribution in [0.15, 0.2) is 24.3 Å². The Hall–Kier alpha value is -2.87. The second kappa shape index (κ2) is 6.80. The number of aromatic carboxylic acids is 1. The first-order valence-corrected chi connectivity index (χ1v) is 8.45. The predicted octanol–water partition coefficient (Wildman–Crippen LogP) is 1.55. The lowest BCUT2D eigenvalue weighted by molar-refractivity contribution is 0.0591. The molecule has 0 bridgehead atoms. The first-order valence-electron chi connectivity index (χ1n) is 8.45. The number of carbonyl (C=O) groups is 1. The van der Waals surface area contributed by atoms with E-state index in [0.717, 1.165) is 17.7 Å². The molecule has 1 aromatic carbocycles. The van der Waals surface area contributed by atoms with Gasteiger partial charge in [-0.15, -0.1) is 0 Å². The second-order valence-corrected chi connectivity index (χ2v) is 6.78. The number of nitrogens with zero attached hydrogens (tertiary/aromatic N) is 3. The monoisotopic (exact) mass is 357 g/mol. The molecule has 2 aromatic rings. The number of benzene rings is 1. The quantitative estimate of drug-likeness (QED) is 0.710. The van der Waals surface area contributed by atoms with Gasteiger partial charge in [-0.1, -0.05) is 19.1 Å². The van der Waals surface area contributed by atoms with Crippen molar-refractivity contribution >= 4 is 17.7 Å². The number of hydrogen-bond donors (Lipinski definition) is 3. The Labute approximate surface area is 151 Å². The standard InChI is InChI=1S/C18H23N5O3/c1-3-23(9-11-4-6-12(7-5-11)16(24)25)10-18(2)8-13-14(19)21-17(20)22-15(13)26-18/h4-7H,3,8-10H2,1-2H3,(H,24,25)(H4,19,20,21,22)/t18-/m0/s1. The number of anilines is 2. The summed E-state index contributed by atoms with van der Waals surface area (Å²) < 4.78 is 6.05. The highest BCUT2D eigenvalue weighted by atomic mass is 16.5. The van der Waals surface area contributed by atoms with Crippen LogP contribution in [-0.2, 0) is 13.0 Å². The number of likely N-dealkylation sites (N-methyl/N-ethyl adjacent to an activating group) is 1. The zero-order chi connectivity index (χ0) is 18.9. The number of nitrogens with two attached hydrogens (primary N) is 2. The fourth-order valence-electron chi connectivity index (χ4n) is 3.24. The van der Waals surface area contributed by atoms with Crippen LogP contribution < -0.4 is 16.2 Å². The van der Waals surface area contributed by atoms with Crippen LogP contribution in [0.25, 0.3) is 0 Å². The molecule has 1 aliphatic rings. The summed E-state index contributed by atoms with van der Waals surface area (Å²) in [6.07, 6.45) is 0.614. The highest BCUT2D eigenvalue weighted by molar-refractivity contribution is 5.87. The molecular weight excluding hydrogens is 334 g/mol. The third-order valence-corrected chi connectivity index (χ3v) is 4.52. The van der Waals surface area contributed by atoms with Crippen LogP contribution in [-0.4, -0.2) is 44.6 Å². The van der Waals surface area contributed by atoms with Crippen LogP contribution in [0.2, 0.25) is 0 Å². The normalized spacial score (nSPS) is 18.6. The van der Waals surface area contributed by atoms with E-state index in [2.05, 4.69) is 21.8 Å².